The van der Waals surface area contributed by atoms with Gasteiger partial charge in [0.2, 0.25) is 5.91 Å². The van der Waals surface area contributed by atoms with Crippen molar-refractivity contribution in [1.29, 1.82) is 0 Å². The third kappa shape index (κ3) is 4.68. The van der Waals surface area contributed by atoms with Gasteiger partial charge in [-0.15, -0.1) is 0 Å². The van der Waals surface area contributed by atoms with Crippen LogP contribution in [0, 0.1) is 5.92 Å². The number of hydrogen-bond acceptors (Lipinski definition) is 4. The normalized spacial score (nSPS) is 11.0. The summed E-state index contributed by atoms with van der Waals surface area (Å²) in [5.41, 5.74) is 6.66. The first-order valence-corrected chi connectivity index (χ1v) is 9.53. The molecule has 0 radical (unpaired) electrons. The van der Waals surface area contributed by atoms with Crippen LogP contribution in [0.2, 0.25) is 0 Å². The van der Waals surface area contributed by atoms with Crippen LogP contribution in [0.15, 0.2) is 53.3 Å². The Morgan fingerprint density at radius 3 is 2.52 bits per heavy atom. The van der Waals surface area contributed by atoms with Crippen molar-refractivity contribution < 1.29 is 9.59 Å². The number of nitrogens with two attached hydrogens (primary N) is 1. The quantitative estimate of drug-likeness (QED) is 0.642. The predicted molar refractivity (Wildman–Crippen MR) is 112 cm³/mol. The highest BCUT2D eigenvalue weighted by molar-refractivity contribution is 6.04. The Balaban J connectivity index is 1.81. The van der Waals surface area contributed by atoms with E-state index < -0.39 is 5.91 Å². The summed E-state index contributed by atoms with van der Waals surface area (Å²) in [5, 5.41) is 8.20. The van der Waals surface area contributed by atoms with Crippen molar-refractivity contribution in [2.75, 3.05) is 6.54 Å². The monoisotopic (exact) mass is 392 g/mol. The molecule has 1 heterocycles. The highest BCUT2D eigenvalue weighted by atomic mass is 16.2. The fourth-order valence-corrected chi connectivity index (χ4v) is 3.16. The summed E-state index contributed by atoms with van der Waals surface area (Å²) in [4.78, 5) is 36.8. The lowest BCUT2D eigenvalue weighted by Gasteiger charge is -2.13. The van der Waals surface area contributed by atoms with Crippen LogP contribution in [0.3, 0.4) is 0 Å². The zero-order valence-corrected chi connectivity index (χ0v) is 16.5. The molecule has 29 heavy (non-hydrogen) atoms. The average molecular weight is 392 g/mol. The highest BCUT2D eigenvalue weighted by Crippen LogP contribution is 2.14. The molecule has 1 aromatic heterocycles. The Kier molecular flexibility index (Phi) is 6.07. The van der Waals surface area contributed by atoms with Crippen molar-refractivity contribution in [2.24, 2.45) is 11.7 Å². The SMILES string of the molecule is CC(C)Cn1nc(C(=O)NCCc2cccc(C(N)=O)c2)c2ccccc2c1=O. The van der Waals surface area contributed by atoms with E-state index in [0.717, 1.165) is 5.56 Å². The molecular formula is C22H24N4O3. The maximum Gasteiger partial charge on any atom is 0.274 e. The fourth-order valence-electron chi connectivity index (χ4n) is 3.16. The number of hydrogen-bond donors (Lipinski definition) is 2. The summed E-state index contributed by atoms with van der Waals surface area (Å²) < 4.78 is 1.36. The number of amides is 2. The molecule has 0 spiro atoms. The Morgan fingerprint density at radius 1 is 1.10 bits per heavy atom. The zero-order chi connectivity index (χ0) is 21.0. The molecule has 0 bridgehead atoms. The van der Waals surface area contributed by atoms with Crippen molar-refractivity contribution in [2.45, 2.75) is 26.8 Å². The van der Waals surface area contributed by atoms with E-state index in [0.29, 0.717) is 35.8 Å². The number of nitrogens with one attached hydrogen (secondary N) is 1. The summed E-state index contributed by atoms with van der Waals surface area (Å²) in [7, 11) is 0. The zero-order valence-electron chi connectivity index (χ0n) is 16.5. The summed E-state index contributed by atoms with van der Waals surface area (Å²) in [6.45, 7) is 4.77. The fraction of sp³-hybridized carbons (Fsp3) is 0.273. The van der Waals surface area contributed by atoms with Gasteiger partial charge in [0, 0.05) is 24.0 Å². The molecule has 0 fully saturated rings. The molecule has 0 saturated heterocycles. The molecule has 2 amide bonds. The van der Waals surface area contributed by atoms with Gasteiger partial charge in [0.05, 0.1) is 5.39 Å². The van der Waals surface area contributed by atoms with Crippen LogP contribution in [-0.2, 0) is 13.0 Å². The maximum atomic E-state index is 12.8. The number of primary amides is 1. The molecule has 3 N–H and O–H groups in total. The molecule has 3 aromatic rings. The van der Waals surface area contributed by atoms with E-state index in [1.807, 2.05) is 19.9 Å². The minimum absolute atomic E-state index is 0.200. The van der Waals surface area contributed by atoms with Gasteiger partial charge in [-0.1, -0.05) is 44.2 Å². The minimum atomic E-state index is -0.487. The Morgan fingerprint density at radius 2 is 1.83 bits per heavy atom. The van der Waals surface area contributed by atoms with Crippen molar-refractivity contribution in [3.63, 3.8) is 0 Å². The van der Waals surface area contributed by atoms with Gasteiger partial charge < -0.3 is 11.1 Å². The van der Waals surface area contributed by atoms with E-state index in [1.165, 1.54) is 4.68 Å². The first-order valence-electron chi connectivity index (χ1n) is 9.53. The molecule has 0 saturated carbocycles. The van der Waals surface area contributed by atoms with Crippen LogP contribution >= 0.6 is 0 Å². The van der Waals surface area contributed by atoms with E-state index >= 15 is 0 Å². The van der Waals surface area contributed by atoms with Crippen LogP contribution in [0.1, 0.15) is 40.3 Å². The third-order valence-electron chi connectivity index (χ3n) is 4.53. The van der Waals surface area contributed by atoms with E-state index in [1.54, 1.807) is 42.5 Å². The molecule has 3 rings (SSSR count). The molecule has 7 nitrogen and oxygen atoms in total. The molecule has 0 atom stereocenters. The molecule has 0 aliphatic carbocycles. The summed E-state index contributed by atoms with van der Waals surface area (Å²) in [5.74, 6) is -0.612. The second kappa shape index (κ2) is 8.68. The third-order valence-corrected chi connectivity index (χ3v) is 4.53. The molecule has 150 valence electrons. The number of rotatable bonds is 7. The number of nitrogens with zero attached hydrogens (tertiary/aromatic N) is 2. The maximum absolute atomic E-state index is 12.8. The van der Waals surface area contributed by atoms with Crippen molar-refractivity contribution in [1.82, 2.24) is 15.1 Å². The van der Waals surface area contributed by atoms with Crippen LogP contribution in [0.4, 0.5) is 0 Å². The van der Waals surface area contributed by atoms with E-state index in [-0.39, 0.29) is 23.1 Å². The average Bonchev–Trinajstić information content (AvgIpc) is 2.70. The van der Waals surface area contributed by atoms with Crippen molar-refractivity contribution in [3.8, 4) is 0 Å². The largest absolute Gasteiger partial charge is 0.366 e. The van der Waals surface area contributed by atoms with Crippen LogP contribution in [0.5, 0.6) is 0 Å². The lowest BCUT2D eigenvalue weighted by molar-refractivity contribution is 0.0946. The Bertz CT molecular complexity index is 1120. The van der Waals surface area contributed by atoms with Gasteiger partial charge in [0.25, 0.3) is 11.5 Å². The van der Waals surface area contributed by atoms with Crippen LogP contribution in [0.25, 0.3) is 10.8 Å². The van der Waals surface area contributed by atoms with Gasteiger partial charge in [-0.05, 0) is 36.1 Å². The Hall–Kier alpha value is -3.48. The summed E-state index contributed by atoms with van der Waals surface area (Å²) >= 11 is 0. The second-order valence-electron chi connectivity index (χ2n) is 7.35. The van der Waals surface area contributed by atoms with Crippen LogP contribution < -0.4 is 16.6 Å². The van der Waals surface area contributed by atoms with Gasteiger partial charge in [-0.25, -0.2) is 4.68 Å². The van der Waals surface area contributed by atoms with Crippen molar-refractivity contribution in [3.05, 3.63) is 75.7 Å². The van der Waals surface area contributed by atoms with Gasteiger partial charge >= 0.3 is 0 Å². The molecule has 7 heteroatoms. The Labute approximate surface area is 168 Å². The number of benzene rings is 2. The van der Waals surface area contributed by atoms with E-state index in [2.05, 4.69) is 10.4 Å². The number of aromatic nitrogens is 2. The first kappa shape index (κ1) is 20.3. The molecule has 0 aliphatic rings. The lowest BCUT2D eigenvalue weighted by Crippen LogP contribution is -2.32. The standard InChI is InChI=1S/C22H24N4O3/c1-14(2)13-26-22(29)18-9-4-3-8-17(18)19(25-26)21(28)24-11-10-15-6-5-7-16(12-15)20(23)27/h3-9,12,14H,10-11,13H2,1-2H3,(H2,23,27)(H,24,28). The van der Waals surface area contributed by atoms with Gasteiger partial charge in [-0.2, -0.15) is 5.10 Å². The lowest BCUT2D eigenvalue weighted by atomic mass is 10.1. The van der Waals surface area contributed by atoms with E-state index in [4.69, 9.17) is 5.73 Å². The number of fused-ring (bicyclic) bond motifs is 1. The van der Waals surface area contributed by atoms with Crippen LogP contribution in [-0.4, -0.2) is 28.1 Å². The minimum Gasteiger partial charge on any atom is -0.366 e. The van der Waals surface area contributed by atoms with Gasteiger partial charge in [-0.3, -0.25) is 14.4 Å². The van der Waals surface area contributed by atoms with Gasteiger partial charge in [0.15, 0.2) is 5.69 Å². The number of carbonyl (C=O) groups is 2. The molecular weight excluding hydrogens is 368 g/mol. The smallest absolute Gasteiger partial charge is 0.274 e. The van der Waals surface area contributed by atoms with E-state index in [9.17, 15) is 14.4 Å². The van der Waals surface area contributed by atoms with Gasteiger partial charge in [0.1, 0.15) is 0 Å². The predicted octanol–water partition coefficient (Wildman–Crippen LogP) is 2.12. The summed E-state index contributed by atoms with van der Waals surface area (Å²) in [6, 6.07) is 14.0. The first-order chi connectivity index (χ1) is 13.9. The topological polar surface area (TPSA) is 107 Å². The second-order valence-corrected chi connectivity index (χ2v) is 7.35. The highest BCUT2D eigenvalue weighted by Gasteiger charge is 2.17. The number of carbonyl (C=O) groups excluding carboxylic acids is 2. The molecule has 0 unspecified atom stereocenters. The van der Waals surface area contributed by atoms with Crippen molar-refractivity contribution >= 4 is 22.6 Å². The molecule has 0 aliphatic heterocycles. The summed E-state index contributed by atoms with van der Waals surface area (Å²) in [6.07, 6.45) is 0.538. The molecule has 2 aromatic carbocycles.